The number of amides is 1. The second-order valence-electron chi connectivity index (χ2n) is 6.86. The zero-order valence-corrected chi connectivity index (χ0v) is 17.4. The average molecular weight is 425 g/mol. The van der Waals surface area contributed by atoms with Gasteiger partial charge in [0.2, 0.25) is 6.79 Å². The van der Waals surface area contributed by atoms with Gasteiger partial charge in [-0.2, -0.15) is 5.10 Å². The van der Waals surface area contributed by atoms with Crippen LogP contribution >= 0.6 is 11.6 Å². The zero-order valence-electron chi connectivity index (χ0n) is 16.6. The van der Waals surface area contributed by atoms with Gasteiger partial charge < -0.3 is 19.4 Å². The number of benzene rings is 2. The number of hydrogen-bond donors (Lipinski definition) is 2. The van der Waals surface area contributed by atoms with E-state index >= 15 is 0 Å². The number of anilines is 1. The number of nitrogens with zero attached hydrogens (tertiary/aromatic N) is 2. The van der Waals surface area contributed by atoms with Crippen molar-refractivity contribution in [3.63, 3.8) is 0 Å². The lowest BCUT2D eigenvalue weighted by Gasteiger charge is -2.09. The van der Waals surface area contributed by atoms with Crippen molar-refractivity contribution in [3.8, 4) is 17.2 Å². The normalized spacial score (nSPS) is 12.4. The molecule has 0 saturated heterocycles. The van der Waals surface area contributed by atoms with Gasteiger partial charge in [-0.25, -0.2) is 5.43 Å². The lowest BCUT2D eigenvalue weighted by atomic mass is 10.2. The van der Waals surface area contributed by atoms with Crippen LogP contribution in [0.2, 0.25) is 5.02 Å². The number of nitrogens with one attached hydrogen (secondary N) is 2. The third kappa shape index (κ3) is 4.26. The molecule has 154 valence electrons. The highest BCUT2D eigenvalue weighted by atomic mass is 35.5. The molecule has 8 heteroatoms. The average Bonchev–Trinajstić information content (AvgIpc) is 3.30. The molecular weight excluding hydrogens is 404 g/mol. The summed E-state index contributed by atoms with van der Waals surface area (Å²) in [6, 6.07) is 15.1. The summed E-state index contributed by atoms with van der Waals surface area (Å²) in [6.45, 7) is 4.31. The lowest BCUT2D eigenvalue weighted by Crippen LogP contribution is -2.25. The molecule has 0 saturated carbocycles. The van der Waals surface area contributed by atoms with Crippen molar-refractivity contribution in [2.45, 2.75) is 13.8 Å². The number of carbonyl (C=O) groups excluding carboxylic acids is 1. The molecule has 0 spiro atoms. The molecule has 1 amide bonds. The Hall–Kier alpha value is -3.45. The Bertz CT molecular complexity index is 1120. The van der Waals surface area contributed by atoms with Gasteiger partial charge in [-0.15, -0.1) is 0 Å². The molecule has 0 radical (unpaired) electrons. The van der Waals surface area contributed by atoms with E-state index in [0.717, 1.165) is 28.3 Å². The topological polar surface area (TPSA) is 76.9 Å². The van der Waals surface area contributed by atoms with Gasteiger partial charge in [0.05, 0.1) is 12.8 Å². The van der Waals surface area contributed by atoms with Crippen molar-refractivity contribution < 1.29 is 14.3 Å². The molecule has 0 aliphatic carbocycles. The van der Waals surface area contributed by atoms with Crippen LogP contribution in [0.5, 0.6) is 11.5 Å². The fourth-order valence-corrected chi connectivity index (χ4v) is 3.52. The summed E-state index contributed by atoms with van der Waals surface area (Å²) in [5.41, 5.74) is 7.26. The van der Waals surface area contributed by atoms with Crippen LogP contribution in [-0.2, 0) is 4.79 Å². The molecule has 2 aromatic carbocycles. The summed E-state index contributed by atoms with van der Waals surface area (Å²) in [4.78, 5) is 12.1. The number of fused-ring (bicyclic) bond motifs is 1. The molecule has 4 rings (SSSR count). The number of hydrogen-bond acceptors (Lipinski definition) is 5. The van der Waals surface area contributed by atoms with E-state index in [2.05, 4.69) is 20.4 Å². The number of ether oxygens (including phenoxy) is 2. The van der Waals surface area contributed by atoms with Crippen LogP contribution in [0.1, 0.15) is 17.0 Å². The summed E-state index contributed by atoms with van der Waals surface area (Å²) in [5, 5.41) is 7.80. The fourth-order valence-electron chi connectivity index (χ4n) is 3.33. The highest BCUT2D eigenvalue weighted by molar-refractivity contribution is 6.30. The lowest BCUT2D eigenvalue weighted by molar-refractivity contribution is -0.119. The van der Waals surface area contributed by atoms with Crippen molar-refractivity contribution in [1.82, 2.24) is 9.99 Å². The number of halogens is 1. The Balaban J connectivity index is 1.36. The number of aromatic nitrogens is 1. The molecule has 0 fully saturated rings. The van der Waals surface area contributed by atoms with Gasteiger partial charge in [0.1, 0.15) is 0 Å². The summed E-state index contributed by atoms with van der Waals surface area (Å²) in [5.74, 6) is 1.10. The van der Waals surface area contributed by atoms with Gasteiger partial charge in [-0.05, 0) is 50.2 Å². The van der Waals surface area contributed by atoms with E-state index in [9.17, 15) is 4.79 Å². The Kier molecular flexibility index (Phi) is 5.63. The molecule has 30 heavy (non-hydrogen) atoms. The molecule has 3 aromatic rings. The first-order chi connectivity index (χ1) is 14.5. The second-order valence-corrected chi connectivity index (χ2v) is 7.29. The minimum absolute atomic E-state index is 0.0819. The highest BCUT2D eigenvalue weighted by Gasteiger charge is 2.13. The Morgan fingerprint density at radius 2 is 2.00 bits per heavy atom. The summed E-state index contributed by atoms with van der Waals surface area (Å²) < 4.78 is 12.7. The molecule has 2 N–H and O–H groups in total. The molecule has 2 heterocycles. The van der Waals surface area contributed by atoms with Crippen LogP contribution < -0.4 is 20.2 Å². The van der Waals surface area contributed by atoms with Gasteiger partial charge >= 0.3 is 0 Å². The standard InChI is InChI=1S/C22H21ClN4O3/c1-14-8-16(15(2)27(14)19-5-3-4-17(23)9-19)11-25-26-22(28)12-24-18-6-7-20-21(10-18)30-13-29-20/h3-11,24H,12-13H2,1-2H3,(H,26,28)/b25-11-. The Morgan fingerprint density at radius 1 is 1.17 bits per heavy atom. The second kappa shape index (κ2) is 8.51. The smallest absolute Gasteiger partial charge is 0.259 e. The van der Waals surface area contributed by atoms with Crippen LogP contribution in [0, 0.1) is 13.8 Å². The highest BCUT2D eigenvalue weighted by Crippen LogP contribution is 2.34. The minimum atomic E-state index is -0.257. The molecule has 0 unspecified atom stereocenters. The predicted octanol–water partition coefficient (Wildman–Crippen LogP) is 4.04. The van der Waals surface area contributed by atoms with Gasteiger partial charge in [0, 0.05) is 39.4 Å². The molecule has 7 nitrogen and oxygen atoms in total. The van der Waals surface area contributed by atoms with Crippen LogP contribution in [0.15, 0.2) is 53.6 Å². The summed E-state index contributed by atoms with van der Waals surface area (Å²) in [6.07, 6.45) is 1.64. The van der Waals surface area contributed by atoms with E-state index in [-0.39, 0.29) is 19.2 Å². The van der Waals surface area contributed by atoms with E-state index in [1.807, 2.05) is 50.2 Å². The largest absolute Gasteiger partial charge is 0.454 e. The van der Waals surface area contributed by atoms with Gasteiger partial charge in [-0.1, -0.05) is 17.7 Å². The Morgan fingerprint density at radius 3 is 2.83 bits per heavy atom. The van der Waals surface area contributed by atoms with Crippen LogP contribution in [-0.4, -0.2) is 30.0 Å². The van der Waals surface area contributed by atoms with Crippen molar-refractivity contribution in [3.05, 3.63) is 70.5 Å². The van der Waals surface area contributed by atoms with E-state index in [1.54, 1.807) is 18.3 Å². The van der Waals surface area contributed by atoms with Crippen molar-refractivity contribution in [2.24, 2.45) is 5.10 Å². The molecular formula is C22H21ClN4O3. The van der Waals surface area contributed by atoms with Crippen molar-refractivity contribution in [2.75, 3.05) is 18.7 Å². The van der Waals surface area contributed by atoms with E-state index in [1.165, 1.54) is 0 Å². The predicted molar refractivity (Wildman–Crippen MR) is 117 cm³/mol. The first-order valence-electron chi connectivity index (χ1n) is 9.41. The van der Waals surface area contributed by atoms with Crippen molar-refractivity contribution in [1.29, 1.82) is 0 Å². The fraction of sp³-hybridized carbons (Fsp3) is 0.182. The third-order valence-corrected chi connectivity index (χ3v) is 4.99. The van der Waals surface area contributed by atoms with Crippen LogP contribution in [0.3, 0.4) is 0 Å². The first-order valence-corrected chi connectivity index (χ1v) is 9.79. The SMILES string of the molecule is Cc1cc(/C=N\NC(=O)CNc2ccc3c(c2)OCO3)c(C)n1-c1cccc(Cl)c1. The molecule has 0 atom stereocenters. The maximum atomic E-state index is 12.1. The summed E-state index contributed by atoms with van der Waals surface area (Å²) in [7, 11) is 0. The van der Waals surface area contributed by atoms with Gasteiger partial charge in [0.25, 0.3) is 5.91 Å². The van der Waals surface area contributed by atoms with E-state index < -0.39 is 0 Å². The Labute approximate surface area is 179 Å². The number of carbonyl (C=O) groups is 1. The zero-order chi connectivity index (χ0) is 21.1. The summed E-state index contributed by atoms with van der Waals surface area (Å²) >= 11 is 6.12. The number of hydrazone groups is 1. The maximum absolute atomic E-state index is 12.1. The van der Waals surface area contributed by atoms with Crippen LogP contribution in [0.4, 0.5) is 5.69 Å². The van der Waals surface area contributed by atoms with Gasteiger partial charge in [-0.3, -0.25) is 4.79 Å². The van der Waals surface area contributed by atoms with Gasteiger partial charge in [0.15, 0.2) is 11.5 Å². The number of rotatable bonds is 6. The quantitative estimate of drug-likeness (QED) is 0.462. The maximum Gasteiger partial charge on any atom is 0.259 e. The molecule has 1 aliphatic rings. The van der Waals surface area contributed by atoms with Crippen molar-refractivity contribution >= 4 is 29.4 Å². The monoisotopic (exact) mass is 424 g/mol. The minimum Gasteiger partial charge on any atom is -0.454 e. The van der Waals surface area contributed by atoms with E-state index in [4.69, 9.17) is 21.1 Å². The third-order valence-electron chi connectivity index (χ3n) is 4.76. The molecule has 1 aromatic heterocycles. The first kappa shape index (κ1) is 19.8. The molecule has 0 bridgehead atoms. The molecule has 1 aliphatic heterocycles. The van der Waals surface area contributed by atoms with Crippen LogP contribution in [0.25, 0.3) is 5.69 Å². The van der Waals surface area contributed by atoms with E-state index in [0.29, 0.717) is 16.5 Å². The number of aryl methyl sites for hydroxylation is 1.